The molecule has 0 saturated carbocycles. The first-order valence-electron chi connectivity index (χ1n) is 9.00. The van der Waals surface area contributed by atoms with E-state index in [4.69, 9.17) is 0 Å². The molecular weight excluding hydrogens is 348 g/mol. The van der Waals surface area contributed by atoms with Gasteiger partial charge in [-0.15, -0.1) is 0 Å². The van der Waals surface area contributed by atoms with E-state index < -0.39 is 5.91 Å². The molecule has 1 N–H and O–H groups in total. The van der Waals surface area contributed by atoms with Crippen LogP contribution in [0.15, 0.2) is 54.4 Å². The van der Waals surface area contributed by atoms with Gasteiger partial charge in [-0.25, -0.2) is 0 Å². The summed E-state index contributed by atoms with van der Waals surface area (Å²) >= 11 is 0. The van der Waals surface area contributed by atoms with Crippen molar-refractivity contribution in [2.75, 3.05) is 5.32 Å². The Morgan fingerprint density at radius 1 is 1.14 bits per heavy atom. The average molecular weight is 370 g/mol. The fraction of sp³-hybridized carbons (Fsp3) is 0.174. The third-order valence-electron chi connectivity index (χ3n) is 4.80. The summed E-state index contributed by atoms with van der Waals surface area (Å²) < 4.78 is 2.05. The van der Waals surface area contributed by atoms with E-state index in [9.17, 15) is 10.1 Å². The molecule has 0 atom stereocenters. The first-order valence-corrected chi connectivity index (χ1v) is 9.00. The molecule has 0 aliphatic carbocycles. The minimum Gasteiger partial charge on any atom is -0.321 e. The molecule has 28 heavy (non-hydrogen) atoms. The largest absolute Gasteiger partial charge is 0.321 e. The van der Waals surface area contributed by atoms with E-state index in [0.717, 1.165) is 33.8 Å². The van der Waals surface area contributed by atoms with Crippen molar-refractivity contribution in [2.45, 2.75) is 27.7 Å². The molecule has 0 aliphatic rings. The standard InChI is InChI=1S/C23H22N4O/c1-15-7-8-21(10-16(15)2)26-23(28)20(13-24)12-19-11-17(3)27(18(19)4)22-6-5-9-25-14-22/h5-12,14H,1-4H3,(H,26,28)/b20-12-. The molecular formula is C23H22N4O. The smallest absolute Gasteiger partial charge is 0.266 e. The third-order valence-corrected chi connectivity index (χ3v) is 4.80. The number of benzene rings is 1. The third kappa shape index (κ3) is 3.86. The van der Waals surface area contributed by atoms with Gasteiger partial charge in [0.05, 0.1) is 11.9 Å². The van der Waals surface area contributed by atoms with Gasteiger partial charge in [0.2, 0.25) is 0 Å². The second-order valence-electron chi connectivity index (χ2n) is 6.80. The Morgan fingerprint density at radius 2 is 1.93 bits per heavy atom. The molecule has 0 aliphatic heterocycles. The molecule has 5 heteroatoms. The number of nitrogens with one attached hydrogen (secondary N) is 1. The number of hydrogen-bond donors (Lipinski definition) is 1. The van der Waals surface area contributed by atoms with Crippen LogP contribution in [-0.2, 0) is 4.79 Å². The van der Waals surface area contributed by atoms with E-state index in [1.54, 1.807) is 18.5 Å². The fourth-order valence-corrected chi connectivity index (χ4v) is 3.14. The van der Waals surface area contributed by atoms with Gasteiger partial charge in [-0.3, -0.25) is 9.78 Å². The molecule has 0 fully saturated rings. The van der Waals surface area contributed by atoms with Crippen LogP contribution in [0.2, 0.25) is 0 Å². The maximum atomic E-state index is 12.6. The summed E-state index contributed by atoms with van der Waals surface area (Å²) in [6.07, 6.45) is 5.14. The lowest BCUT2D eigenvalue weighted by atomic mass is 10.1. The Labute approximate surface area is 165 Å². The van der Waals surface area contributed by atoms with Gasteiger partial charge < -0.3 is 9.88 Å². The quantitative estimate of drug-likeness (QED) is 0.537. The molecule has 1 amide bonds. The molecule has 0 spiro atoms. The van der Waals surface area contributed by atoms with Gasteiger partial charge in [-0.2, -0.15) is 5.26 Å². The summed E-state index contributed by atoms with van der Waals surface area (Å²) in [5.41, 5.74) is 6.68. The Hall–Kier alpha value is -3.65. The highest BCUT2D eigenvalue weighted by atomic mass is 16.1. The van der Waals surface area contributed by atoms with Crippen molar-refractivity contribution in [3.8, 4) is 11.8 Å². The van der Waals surface area contributed by atoms with Gasteiger partial charge >= 0.3 is 0 Å². The molecule has 0 bridgehead atoms. The highest BCUT2D eigenvalue weighted by Gasteiger charge is 2.14. The monoisotopic (exact) mass is 370 g/mol. The maximum Gasteiger partial charge on any atom is 0.266 e. The zero-order valence-electron chi connectivity index (χ0n) is 16.4. The Balaban J connectivity index is 1.91. The second kappa shape index (κ2) is 7.93. The lowest BCUT2D eigenvalue weighted by Gasteiger charge is -2.09. The molecule has 0 unspecified atom stereocenters. The summed E-state index contributed by atoms with van der Waals surface area (Å²) in [7, 11) is 0. The summed E-state index contributed by atoms with van der Waals surface area (Å²) in [4.78, 5) is 16.8. The van der Waals surface area contributed by atoms with Gasteiger partial charge in [-0.05, 0) is 80.8 Å². The summed E-state index contributed by atoms with van der Waals surface area (Å²) in [5, 5.41) is 12.3. The normalized spacial score (nSPS) is 11.2. The Bertz CT molecular complexity index is 1100. The molecule has 5 nitrogen and oxygen atoms in total. The van der Waals surface area contributed by atoms with E-state index in [-0.39, 0.29) is 5.57 Å². The molecule has 140 valence electrons. The van der Waals surface area contributed by atoms with Crippen LogP contribution < -0.4 is 5.32 Å². The summed E-state index contributed by atoms with van der Waals surface area (Å²) in [6.45, 7) is 7.94. The zero-order chi connectivity index (χ0) is 20.3. The topological polar surface area (TPSA) is 70.7 Å². The van der Waals surface area contributed by atoms with Crippen molar-refractivity contribution in [3.63, 3.8) is 0 Å². The number of carbonyl (C=O) groups is 1. The molecule has 1 aromatic carbocycles. The minimum atomic E-state index is -0.420. The molecule has 0 saturated heterocycles. The summed E-state index contributed by atoms with van der Waals surface area (Å²) in [5.74, 6) is -0.420. The van der Waals surface area contributed by atoms with Gasteiger partial charge in [0.25, 0.3) is 5.91 Å². The lowest BCUT2D eigenvalue weighted by Crippen LogP contribution is -2.13. The van der Waals surface area contributed by atoms with Crippen molar-refractivity contribution in [1.29, 1.82) is 5.26 Å². The maximum absolute atomic E-state index is 12.6. The minimum absolute atomic E-state index is 0.0599. The second-order valence-corrected chi connectivity index (χ2v) is 6.80. The van der Waals surface area contributed by atoms with Crippen LogP contribution in [0.3, 0.4) is 0 Å². The molecule has 0 radical (unpaired) electrons. The van der Waals surface area contributed by atoms with Crippen LogP contribution in [0, 0.1) is 39.0 Å². The highest BCUT2D eigenvalue weighted by Crippen LogP contribution is 2.23. The number of anilines is 1. The van der Waals surface area contributed by atoms with Crippen LogP contribution in [0.5, 0.6) is 0 Å². The van der Waals surface area contributed by atoms with Crippen LogP contribution >= 0.6 is 0 Å². The predicted molar refractivity (Wildman–Crippen MR) is 111 cm³/mol. The lowest BCUT2D eigenvalue weighted by molar-refractivity contribution is -0.112. The number of pyridine rings is 1. The fourth-order valence-electron chi connectivity index (χ4n) is 3.14. The summed E-state index contributed by atoms with van der Waals surface area (Å²) in [6, 6.07) is 13.5. The van der Waals surface area contributed by atoms with Crippen LogP contribution in [0.4, 0.5) is 5.69 Å². The van der Waals surface area contributed by atoms with Crippen LogP contribution in [0.25, 0.3) is 11.8 Å². The highest BCUT2D eigenvalue weighted by molar-refractivity contribution is 6.09. The van der Waals surface area contributed by atoms with E-state index in [1.165, 1.54) is 0 Å². The number of nitrogens with zero attached hydrogens (tertiary/aromatic N) is 3. The van der Waals surface area contributed by atoms with Gasteiger partial charge in [0.15, 0.2) is 0 Å². The zero-order valence-corrected chi connectivity index (χ0v) is 16.4. The number of amides is 1. The van der Waals surface area contributed by atoms with E-state index in [0.29, 0.717) is 5.69 Å². The number of carbonyl (C=O) groups excluding carboxylic acids is 1. The molecule has 3 rings (SSSR count). The van der Waals surface area contributed by atoms with Crippen molar-refractivity contribution < 1.29 is 4.79 Å². The number of rotatable bonds is 4. The SMILES string of the molecule is Cc1ccc(NC(=O)/C(C#N)=C\c2cc(C)n(-c3cccnc3)c2C)cc1C. The number of aryl methyl sites for hydroxylation is 3. The van der Waals surface area contributed by atoms with Crippen molar-refractivity contribution in [1.82, 2.24) is 9.55 Å². The number of aromatic nitrogens is 2. The van der Waals surface area contributed by atoms with Crippen molar-refractivity contribution in [2.24, 2.45) is 0 Å². The van der Waals surface area contributed by atoms with E-state index >= 15 is 0 Å². The number of nitriles is 1. The molecule has 2 heterocycles. The average Bonchev–Trinajstić information content (AvgIpc) is 2.96. The first-order chi connectivity index (χ1) is 13.4. The predicted octanol–water partition coefficient (Wildman–Crippen LogP) is 4.65. The first kappa shape index (κ1) is 19.1. The Morgan fingerprint density at radius 3 is 2.57 bits per heavy atom. The van der Waals surface area contributed by atoms with Crippen molar-refractivity contribution in [3.05, 3.63) is 82.4 Å². The van der Waals surface area contributed by atoms with E-state index in [2.05, 4.69) is 14.9 Å². The molecule has 2 aromatic heterocycles. The Kier molecular flexibility index (Phi) is 5.42. The van der Waals surface area contributed by atoms with Crippen molar-refractivity contribution >= 4 is 17.7 Å². The van der Waals surface area contributed by atoms with Crippen LogP contribution in [-0.4, -0.2) is 15.5 Å². The number of hydrogen-bond acceptors (Lipinski definition) is 3. The van der Waals surface area contributed by atoms with Gasteiger partial charge in [-0.1, -0.05) is 6.07 Å². The molecule has 3 aromatic rings. The van der Waals surface area contributed by atoms with Gasteiger partial charge in [0.1, 0.15) is 11.6 Å². The van der Waals surface area contributed by atoms with Crippen LogP contribution in [0.1, 0.15) is 28.1 Å². The van der Waals surface area contributed by atoms with Gasteiger partial charge in [0, 0.05) is 23.3 Å². The van der Waals surface area contributed by atoms with E-state index in [1.807, 2.05) is 70.2 Å².